The second-order valence-electron chi connectivity index (χ2n) is 11.0. The Bertz CT molecular complexity index is 813. The summed E-state index contributed by atoms with van der Waals surface area (Å²) >= 11 is 0. The predicted molar refractivity (Wildman–Crippen MR) is 119 cm³/mol. The molecule has 4 fully saturated rings. The van der Waals surface area contributed by atoms with Crippen LogP contribution in [0.15, 0.2) is 29.4 Å². The van der Waals surface area contributed by atoms with E-state index in [4.69, 9.17) is 0 Å². The van der Waals surface area contributed by atoms with E-state index in [9.17, 15) is 9.59 Å². The van der Waals surface area contributed by atoms with Crippen LogP contribution in [0, 0.1) is 17.8 Å². The summed E-state index contributed by atoms with van der Waals surface area (Å²) in [6.45, 7) is 8.22. The van der Waals surface area contributed by atoms with E-state index in [0.29, 0.717) is 11.3 Å². The Morgan fingerprint density at radius 1 is 1.00 bits per heavy atom. The van der Waals surface area contributed by atoms with Gasteiger partial charge in [0.1, 0.15) is 0 Å². The van der Waals surface area contributed by atoms with Crippen LogP contribution in [0.25, 0.3) is 0 Å². The molecule has 2 N–H and O–H groups in total. The summed E-state index contributed by atoms with van der Waals surface area (Å²) in [5.41, 5.74) is 5.03. The molecule has 1 aromatic carbocycles. The number of hydrogen-bond acceptors (Lipinski definition) is 3. The number of carbonyl (C=O) groups excluding carboxylic acids is 2. The van der Waals surface area contributed by atoms with Crippen LogP contribution < -0.4 is 10.7 Å². The maximum absolute atomic E-state index is 12.7. The van der Waals surface area contributed by atoms with Gasteiger partial charge < -0.3 is 5.32 Å². The zero-order chi connectivity index (χ0) is 21.5. The molecule has 0 aliphatic heterocycles. The van der Waals surface area contributed by atoms with Crippen LogP contribution in [-0.4, -0.2) is 23.1 Å². The van der Waals surface area contributed by atoms with Crippen LogP contribution in [-0.2, 0) is 10.2 Å². The fourth-order valence-electron chi connectivity index (χ4n) is 6.21. The zero-order valence-corrected chi connectivity index (χ0v) is 18.8. The average molecular weight is 410 g/mol. The summed E-state index contributed by atoms with van der Waals surface area (Å²) in [5, 5.41) is 7.52. The Labute approximate surface area is 180 Å². The molecular formula is C25H35N3O2. The molecule has 0 saturated heterocycles. The molecule has 162 valence electrons. The third kappa shape index (κ3) is 4.60. The number of carbonyl (C=O) groups is 2. The van der Waals surface area contributed by atoms with E-state index in [-0.39, 0.29) is 29.2 Å². The van der Waals surface area contributed by atoms with Crippen molar-refractivity contribution in [2.24, 2.45) is 22.9 Å². The first-order valence-electron chi connectivity index (χ1n) is 11.4. The minimum atomic E-state index is -0.253. The van der Waals surface area contributed by atoms with Gasteiger partial charge in [-0.15, -0.1) is 0 Å². The molecule has 4 bridgehead atoms. The molecule has 5 nitrogen and oxygen atoms in total. The molecule has 0 atom stereocenters. The molecule has 1 aromatic rings. The van der Waals surface area contributed by atoms with Gasteiger partial charge in [-0.05, 0) is 86.3 Å². The molecule has 0 spiro atoms. The average Bonchev–Trinajstić information content (AvgIpc) is 2.63. The van der Waals surface area contributed by atoms with Crippen LogP contribution in [0.2, 0.25) is 0 Å². The number of rotatable bonds is 5. The summed E-state index contributed by atoms with van der Waals surface area (Å²) in [6.07, 6.45) is 7.73. The first-order valence-corrected chi connectivity index (χ1v) is 11.4. The molecule has 4 saturated carbocycles. The van der Waals surface area contributed by atoms with Gasteiger partial charge in [-0.2, -0.15) is 5.10 Å². The summed E-state index contributed by atoms with van der Waals surface area (Å²) in [6, 6.07) is 7.59. The smallest absolute Gasteiger partial charge is 0.271 e. The van der Waals surface area contributed by atoms with Crippen LogP contribution in [0.5, 0.6) is 0 Å². The number of nitrogens with zero attached hydrogens (tertiary/aromatic N) is 1. The molecule has 4 aliphatic rings. The predicted octanol–water partition coefficient (Wildman–Crippen LogP) is 4.56. The lowest BCUT2D eigenvalue weighted by molar-refractivity contribution is -0.125. The van der Waals surface area contributed by atoms with Crippen LogP contribution in [0.1, 0.15) is 88.6 Å². The number of nitrogens with one attached hydrogen (secondary N) is 2. The van der Waals surface area contributed by atoms with Crippen molar-refractivity contribution in [2.75, 3.05) is 0 Å². The van der Waals surface area contributed by atoms with E-state index in [0.717, 1.165) is 37.0 Å². The molecule has 0 aromatic heterocycles. The van der Waals surface area contributed by atoms with Gasteiger partial charge in [0.2, 0.25) is 5.91 Å². The zero-order valence-electron chi connectivity index (χ0n) is 18.8. The van der Waals surface area contributed by atoms with Gasteiger partial charge in [0, 0.05) is 16.8 Å². The van der Waals surface area contributed by atoms with E-state index in [1.165, 1.54) is 24.8 Å². The van der Waals surface area contributed by atoms with Gasteiger partial charge in [-0.3, -0.25) is 9.59 Å². The van der Waals surface area contributed by atoms with Crippen molar-refractivity contribution in [3.05, 3.63) is 35.4 Å². The fraction of sp³-hybridized carbons (Fsp3) is 0.640. The van der Waals surface area contributed by atoms with Crippen molar-refractivity contribution in [1.29, 1.82) is 0 Å². The minimum absolute atomic E-state index is 0.0180. The lowest BCUT2D eigenvalue weighted by Crippen LogP contribution is -2.60. The van der Waals surface area contributed by atoms with Gasteiger partial charge in [0.05, 0.1) is 6.42 Å². The van der Waals surface area contributed by atoms with Gasteiger partial charge in [-0.1, -0.05) is 32.9 Å². The van der Waals surface area contributed by atoms with Crippen molar-refractivity contribution in [2.45, 2.75) is 83.6 Å². The first kappa shape index (κ1) is 21.1. The summed E-state index contributed by atoms with van der Waals surface area (Å²) in [4.78, 5) is 25.1. The molecule has 0 radical (unpaired) electrons. The number of hydrazone groups is 1. The molecule has 4 aliphatic carbocycles. The monoisotopic (exact) mass is 409 g/mol. The first-order chi connectivity index (χ1) is 14.1. The van der Waals surface area contributed by atoms with E-state index < -0.39 is 0 Å². The topological polar surface area (TPSA) is 70.6 Å². The van der Waals surface area contributed by atoms with E-state index >= 15 is 0 Å². The van der Waals surface area contributed by atoms with E-state index in [2.05, 4.69) is 36.6 Å². The van der Waals surface area contributed by atoms with Crippen molar-refractivity contribution >= 4 is 17.5 Å². The van der Waals surface area contributed by atoms with Crippen LogP contribution in [0.3, 0.4) is 0 Å². The molecule has 5 heteroatoms. The Morgan fingerprint density at radius 3 is 2.03 bits per heavy atom. The molecule has 30 heavy (non-hydrogen) atoms. The Hall–Kier alpha value is -2.17. The number of hydrogen-bond donors (Lipinski definition) is 2. The summed E-state index contributed by atoms with van der Waals surface area (Å²) in [7, 11) is 0. The van der Waals surface area contributed by atoms with E-state index in [1.807, 2.05) is 24.3 Å². The van der Waals surface area contributed by atoms with Gasteiger partial charge >= 0.3 is 0 Å². The quantitative estimate of drug-likeness (QED) is 0.553. The molecule has 5 rings (SSSR count). The highest BCUT2D eigenvalue weighted by Crippen LogP contribution is 2.55. The van der Waals surface area contributed by atoms with Crippen molar-refractivity contribution in [3.8, 4) is 0 Å². The molecular weight excluding hydrogens is 374 g/mol. The number of benzene rings is 1. The molecule has 2 amide bonds. The Balaban J connectivity index is 1.30. The maximum atomic E-state index is 12.7. The molecule has 0 unspecified atom stereocenters. The summed E-state index contributed by atoms with van der Waals surface area (Å²) < 4.78 is 0. The van der Waals surface area contributed by atoms with Crippen molar-refractivity contribution in [3.63, 3.8) is 0 Å². The van der Waals surface area contributed by atoms with Gasteiger partial charge in [0.15, 0.2) is 0 Å². The largest absolute Gasteiger partial charge is 0.350 e. The van der Waals surface area contributed by atoms with Crippen LogP contribution in [0.4, 0.5) is 0 Å². The fourth-order valence-corrected chi connectivity index (χ4v) is 6.21. The lowest BCUT2D eigenvalue weighted by atomic mass is 9.53. The summed E-state index contributed by atoms with van der Waals surface area (Å²) in [5.74, 6) is 2.18. The third-order valence-corrected chi connectivity index (χ3v) is 7.22. The van der Waals surface area contributed by atoms with Gasteiger partial charge in [0.25, 0.3) is 5.91 Å². The second kappa shape index (κ2) is 7.82. The maximum Gasteiger partial charge on any atom is 0.271 e. The SMILES string of the molecule is C/C(CC(=O)NC12CC3CC(CC(C3)C1)C2)=N/NC(=O)c1ccc(C(C)(C)C)cc1. The third-order valence-electron chi connectivity index (χ3n) is 7.22. The highest BCUT2D eigenvalue weighted by atomic mass is 16.2. The van der Waals surface area contributed by atoms with Crippen molar-refractivity contribution in [1.82, 2.24) is 10.7 Å². The van der Waals surface area contributed by atoms with E-state index in [1.54, 1.807) is 6.92 Å². The standard InChI is InChI=1S/C25H35N3O2/c1-16(27-28-23(30)20-5-7-21(8-6-20)24(2,3)4)9-22(29)26-25-13-17-10-18(14-25)12-19(11-17)15-25/h5-8,17-19H,9-15H2,1-4H3,(H,26,29)(H,28,30)/b27-16-. The van der Waals surface area contributed by atoms with Gasteiger partial charge in [-0.25, -0.2) is 5.43 Å². The highest BCUT2D eigenvalue weighted by Gasteiger charge is 2.51. The second-order valence-corrected chi connectivity index (χ2v) is 11.0. The minimum Gasteiger partial charge on any atom is -0.350 e. The lowest BCUT2D eigenvalue weighted by Gasteiger charge is -2.56. The van der Waals surface area contributed by atoms with Crippen LogP contribution >= 0.6 is 0 Å². The number of amides is 2. The Morgan fingerprint density at radius 2 is 1.53 bits per heavy atom. The normalized spacial score (nSPS) is 30.3. The van der Waals surface area contributed by atoms with Crippen molar-refractivity contribution < 1.29 is 9.59 Å². The Kier molecular flexibility index (Phi) is 5.50. The highest BCUT2D eigenvalue weighted by molar-refractivity contribution is 6.01. The molecule has 0 heterocycles.